The Morgan fingerprint density at radius 1 is 1.45 bits per heavy atom. The fourth-order valence-electron chi connectivity index (χ4n) is 3.08. The van der Waals surface area contributed by atoms with Crippen molar-refractivity contribution in [2.75, 3.05) is 18.2 Å². The second-order valence-electron chi connectivity index (χ2n) is 5.63. The topological polar surface area (TPSA) is 97.5 Å². The van der Waals surface area contributed by atoms with Gasteiger partial charge in [0.15, 0.2) is 0 Å². The number of rotatable bonds is 4. The molecule has 6 heteroatoms. The summed E-state index contributed by atoms with van der Waals surface area (Å²) in [6.07, 6.45) is 3.74. The fraction of sp³-hybridized carbons (Fsp3) is 0.375. The van der Waals surface area contributed by atoms with E-state index in [4.69, 9.17) is 15.6 Å². The molecule has 1 aliphatic rings. The highest BCUT2D eigenvalue weighted by Gasteiger charge is 2.30. The van der Waals surface area contributed by atoms with E-state index in [1.807, 2.05) is 18.2 Å². The highest BCUT2D eigenvalue weighted by molar-refractivity contribution is 5.99. The molecule has 0 amide bonds. The second-order valence-corrected chi connectivity index (χ2v) is 5.63. The van der Waals surface area contributed by atoms with Crippen molar-refractivity contribution < 1.29 is 14.6 Å². The Morgan fingerprint density at radius 3 is 2.95 bits per heavy atom. The van der Waals surface area contributed by atoms with Gasteiger partial charge in [-0.15, -0.1) is 0 Å². The zero-order valence-corrected chi connectivity index (χ0v) is 12.4. The SMILES string of the molecule is COc1cccc2c(NC3CC[C@H](C(=O)O)C3)c(N)cnc12. The summed E-state index contributed by atoms with van der Waals surface area (Å²) in [6.45, 7) is 0. The summed E-state index contributed by atoms with van der Waals surface area (Å²) in [7, 11) is 1.61. The summed E-state index contributed by atoms with van der Waals surface area (Å²) in [6, 6.07) is 5.79. The predicted octanol–water partition coefficient (Wildman–Crippen LogP) is 2.49. The molecular formula is C16H19N3O3. The van der Waals surface area contributed by atoms with Gasteiger partial charge in [0.2, 0.25) is 0 Å². The van der Waals surface area contributed by atoms with Crippen LogP contribution in [0, 0.1) is 5.92 Å². The number of aliphatic carboxylic acids is 1. The van der Waals surface area contributed by atoms with Crippen LogP contribution < -0.4 is 15.8 Å². The maximum absolute atomic E-state index is 11.1. The number of hydrogen-bond acceptors (Lipinski definition) is 5. The summed E-state index contributed by atoms with van der Waals surface area (Å²) in [4.78, 5) is 15.4. The number of anilines is 2. The van der Waals surface area contributed by atoms with Gasteiger partial charge in [0, 0.05) is 11.4 Å². The average Bonchev–Trinajstić information content (AvgIpc) is 2.98. The van der Waals surface area contributed by atoms with E-state index in [2.05, 4.69) is 10.3 Å². The van der Waals surface area contributed by atoms with Crippen LogP contribution in [-0.4, -0.2) is 29.2 Å². The number of pyridine rings is 1. The highest BCUT2D eigenvalue weighted by atomic mass is 16.5. The minimum Gasteiger partial charge on any atom is -0.494 e. The number of carboxylic acids is 1. The molecule has 1 saturated carbocycles. The first-order valence-corrected chi connectivity index (χ1v) is 7.30. The Hall–Kier alpha value is -2.50. The van der Waals surface area contributed by atoms with E-state index in [0.29, 0.717) is 24.3 Å². The van der Waals surface area contributed by atoms with Crippen molar-refractivity contribution in [3.05, 3.63) is 24.4 Å². The molecule has 6 nitrogen and oxygen atoms in total. The van der Waals surface area contributed by atoms with Crippen LogP contribution in [0.2, 0.25) is 0 Å². The molecule has 1 aromatic carbocycles. The van der Waals surface area contributed by atoms with Crippen LogP contribution in [-0.2, 0) is 4.79 Å². The Bertz CT molecular complexity index is 717. The van der Waals surface area contributed by atoms with Crippen molar-refractivity contribution in [1.82, 2.24) is 4.98 Å². The standard InChI is InChI=1S/C16H19N3O3/c1-22-13-4-2-3-11-14(12(17)8-18-15(11)13)19-10-6-5-9(7-10)16(20)21/h2-4,8-10H,5-7,17H2,1H3,(H,18,19)(H,20,21)/t9-,10?/m0/s1. The average molecular weight is 301 g/mol. The summed E-state index contributed by atoms with van der Waals surface area (Å²) < 4.78 is 5.33. The molecule has 2 aromatic rings. The van der Waals surface area contributed by atoms with Crippen LogP contribution in [0.15, 0.2) is 24.4 Å². The number of nitrogens with zero attached hydrogens (tertiary/aromatic N) is 1. The number of aromatic nitrogens is 1. The van der Waals surface area contributed by atoms with Crippen LogP contribution in [0.3, 0.4) is 0 Å². The number of ether oxygens (including phenoxy) is 1. The summed E-state index contributed by atoms with van der Waals surface area (Å²) >= 11 is 0. The molecule has 0 bridgehead atoms. The van der Waals surface area contributed by atoms with Gasteiger partial charge in [-0.3, -0.25) is 9.78 Å². The maximum atomic E-state index is 11.1. The van der Waals surface area contributed by atoms with E-state index in [1.54, 1.807) is 13.3 Å². The molecule has 1 unspecified atom stereocenters. The number of carboxylic acid groups (broad SMARTS) is 1. The number of carbonyl (C=O) groups is 1. The third-order valence-electron chi connectivity index (χ3n) is 4.24. The van der Waals surface area contributed by atoms with Gasteiger partial charge in [-0.05, 0) is 25.3 Å². The molecule has 1 fully saturated rings. The summed E-state index contributed by atoms with van der Waals surface area (Å²) in [5.74, 6) is -0.310. The van der Waals surface area contributed by atoms with Gasteiger partial charge >= 0.3 is 5.97 Å². The van der Waals surface area contributed by atoms with E-state index < -0.39 is 5.97 Å². The van der Waals surface area contributed by atoms with Crippen LogP contribution >= 0.6 is 0 Å². The van der Waals surface area contributed by atoms with Gasteiger partial charge in [0.1, 0.15) is 11.3 Å². The monoisotopic (exact) mass is 301 g/mol. The molecule has 0 radical (unpaired) electrons. The normalized spacial score (nSPS) is 21.0. The quantitative estimate of drug-likeness (QED) is 0.802. The Balaban J connectivity index is 1.94. The zero-order valence-electron chi connectivity index (χ0n) is 12.4. The first kappa shape index (κ1) is 14.4. The molecule has 116 valence electrons. The van der Waals surface area contributed by atoms with E-state index >= 15 is 0 Å². The third kappa shape index (κ3) is 2.52. The lowest BCUT2D eigenvalue weighted by Crippen LogP contribution is -2.19. The molecule has 0 saturated heterocycles. The molecule has 1 aromatic heterocycles. The van der Waals surface area contributed by atoms with E-state index in [0.717, 1.165) is 23.0 Å². The Kier molecular flexibility index (Phi) is 3.75. The fourth-order valence-corrected chi connectivity index (χ4v) is 3.08. The maximum Gasteiger partial charge on any atom is 0.306 e. The van der Waals surface area contributed by atoms with Crippen LogP contribution in [0.5, 0.6) is 5.75 Å². The number of nitrogens with one attached hydrogen (secondary N) is 1. The molecule has 22 heavy (non-hydrogen) atoms. The van der Waals surface area contributed by atoms with E-state index in [-0.39, 0.29) is 12.0 Å². The van der Waals surface area contributed by atoms with Gasteiger partial charge in [-0.1, -0.05) is 12.1 Å². The third-order valence-corrected chi connectivity index (χ3v) is 4.24. The lowest BCUT2D eigenvalue weighted by molar-refractivity contribution is -0.141. The molecule has 0 spiro atoms. The first-order valence-electron chi connectivity index (χ1n) is 7.30. The lowest BCUT2D eigenvalue weighted by atomic mass is 10.1. The van der Waals surface area contributed by atoms with Crippen molar-refractivity contribution in [3.8, 4) is 5.75 Å². The second kappa shape index (κ2) is 5.71. The molecule has 2 atom stereocenters. The smallest absolute Gasteiger partial charge is 0.306 e. The van der Waals surface area contributed by atoms with Crippen LogP contribution in [0.4, 0.5) is 11.4 Å². The van der Waals surface area contributed by atoms with Crippen LogP contribution in [0.1, 0.15) is 19.3 Å². The Labute approximate surface area is 128 Å². The van der Waals surface area contributed by atoms with Gasteiger partial charge in [0.05, 0.1) is 30.6 Å². The molecule has 0 aliphatic heterocycles. The van der Waals surface area contributed by atoms with Crippen LogP contribution in [0.25, 0.3) is 10.9 Å². The van der Waals surface area contributed by atoms with E-state index in [1.165, 1.54) is 0 Å². The van der Waals surface area contributed by atoms with Crippen molar-refractivity contribution in [1.29, 1.82) is 0 Å². The highest BCUT2D eigenvalue weighted by Crippen LogP contribution is 2.36. The number of methoxy groups -OCH3 is 1. The Morgan fingerprint density at radius 2 is 2.27 bits per heavy atom. The number of benzene rings is 1. The molecular weight excluding hydrogens is 282 g/mol. The molecule has 4 N–H and O–H groups in total. The number of nitrogens with two attached hydrogens (primary N) is 1. The number of para-hydroxylation sites is 1. The van der Waals surface area contributed by atoms with Crippen molar-refractivity contribution in [3.63, 3.8) is 0 Å². The van der Waals surface area contributed by atoms with E-state index in [9.17, 15) is 4.79 Å². The molecule has 3 rings (SSSR count). The molecule has 1 aliphatic carbocycles. The van der Waals surface area contributed by atoms with Crippen molar-refractivity contribution >= 4 is 28.2 Å². The summed E-state index contributed by atoms with van der Waals surface area (Å²) in [5.41, 5.74) is 8.17. The zero-order chi connectivity index (χ0) is 15.7. The van der Waals surface area contributed by atoms with Gasteiger partial charge in [-0.25, -0.2) is 0 Å². The lowest BCUT2D eigenvalue weighted by Gasteiger charge is -2.18. The summed E-state index contributed by atoms with van der Waals surface area (Å²) in [5, 5.41) is 13.4. The van der Waals surface area contributed by atoms with Gasteiger partial charge < -0.3 is 20.9 Å². The van der Waals surface area contributed by atoms with Crippen molar-refractivity contribution in [2.24, 2.45) is 5.92 Å². The minimum atomic E-state index is -0.724. The minimum absolute atomic E-state index is 0.111. The van der Waals surface area contributed by atoms with Crippen molar-refractivity contribution in [2.45, 2.75) is 25.3 Å². The number of hydrogen-bond donors (Lipinski definition) is 3. The van der Waals surface area contributed by atoms with Gasteiger partial charge in [0.25, 0.3) is 0 Å². The molecule has 1 heterocycles. The predicted molar refractivity (Wildman–Crippen MR) is 85.1 cm³/mol. The number of nitrogen functional groups attached to an aromatic ring is 1. The van der Waals surface area contributed by atoms with Gasteiger partial charge in [-0.2, -0.15) is 0 Å². The number of fused-ring (bicyclic) bond motifs is 1. The first-order chi connectivity index (χ1) is 10.6. The largest absolute Gasteiger partial charge is 0.494 e.